The first-order valence-electron chi connectivity index (χ1n) is 6.43. The lowest BCUT2D eigenvalue weighted by molar-refractivity contribution is -0.118. The molecular formula is C13H29N3O2. The molecule has 5 N–H and O–H groups in total. The molecule has 0 aliphatic carbocycles. The van der Waals surface area contributed by atoms with Gasteiger partial charge in [-0.3, -0.25) is 9.59 Å². The molecule has 0 saturated heterocycles. The standard InChI is InChI=1S/C10H20N2O.C2H6.CH3NO/c1-3-8-12-9(2)6-4-5-7-10(11)13;1-2;2-1-3/h12H,2-8H2,1H3,(H2,11,13);1-2H3;1H,(H2,2,3). The Morgan fingerprint density at radius 2 is 1.72 bits per heavy atom. The highest BCUT2D eigenvalue weighted by atomic mass is 16.1. The largest absolute Gasteiger partial charge is 0.389 e. The molecule has 0 aromatic carbocycles. The maximum Gasteiger partial charge on any atom is 0.217 e. The number of primary amides is 2. The fourth-order valence-electron chi connectivity index (χ4n) is 1.03. The van der Waals surface area contributed by atoms with Crippen molar-refractivity contribution in [3.63, 3.8) is 0 Å². The first-order valence-corrected chi connectivity index (χ1v) is 6.43. The molecule has 2 amide bonds. The van der Waals surface area contributed by atoms with E-state index in [0.717, 1.165) is 37.9 Å². The van der Waals surface area contributed by atoms with Gasteiger partial charge in [-0.1, -0.05) is 27.4 Å². The summed E-state index contributed by atoms with van der Waals surface area (Å²) in [6.07, 6.45) is 4.63. The van der Waals surface area contributed by atoms with E-state index in [1.807, 2.05) is 13.8 Å². The van der Waals surface area contributed by atoms with Gasteiger partial charge in [-0.2, -0.15) is 0 Å². The lowest BCUT2D eigenvalue weighted by Crippen LogP contribution is -2.13. The van der Waals surface area contributed by atoms with E-state index >= 15 is 0 Å². The maximum absolute atomic E-state index is 10.4. The average molecular weight is 259 g/mol. The monoisotopic (exact) mass is 259 g/mol. The second kappa shape index (κ2) is 20.8. The Morgan fingerprint density at radius 3 is 2.11 bits per heavy atom. The molecule has 0 bridgehead atoms. The smallest absolute Gasteiger partial charge is 0.217 e. The summed E-state index contributed by atoms with van der Waals surface area (Å²) >= 11 is 0. The van der Waals surface area contributed by atoms with Crippen molar-refractivity contribution in [2.75, 3.05) is 6.54 Å². The predicted molar refractivity (Wildman–Crippen MR) is 76.7 cm³/mol. The third kappa shape index (κ3) is 29.3. The van der Waals surface area contributed by atoms with E-state index in [-0.39, 0.29) is 12.3 Å². The van der Waals surface area contributed by atoms with Crippen LogP contribution in [-0.4, -0.2) is 18.9 Å². The molecule has 0 rings (SSSR count). The number of carbonyl (C=O) groups excluding carboxylic acids is 2. The molecule has 0 aromatic rings. The van der Waals surface area contributed by atoms with Crippen molar-refractivity contribution in [1.29, 1.82) is 0 Å². The van der Waals surface area contributed by atoms with Crippen molar-refractivity contribution in [1.82, 2.24) is 5.32 Å². The molecule has 0 spiro atoms. The number of unbranched alkanes of at least 4 members (excludes halogenated alkanes) is 1. The van der Waals surface area contributed by atoms with Crippen LogP contribution in [0.5, 0.6) is 0 Å². The van der Waals surface area contributed by atoms with Crippen LogP contribution in [0, 0.1) is 0 Å². The minimum atomic E-state index is -0.216. The second-order valence-corrected chi connectivity index (χ2v) is 3.34. The van der Waals surface area contributed by atoms with E-state index in [1.165, 1.54) is 0 Å². The van der Waals surface area contributed by atoms with Crippen molar-refractivity contribution in [2.45, 2.75) is 52.9 Å². The normalized spacial score (nSPS) is 7.94. The number of carbonyl (C=O) groups is 2. The Balaban J connectivity index is -0.000000389. The Hall–Kier alpha value is -1.52. The zero-order valence-electron chi connectivity index (χ0n) is 12.0. The van der Waals surface area contributed by atoms with Crippen molar-refractivity contribution in [3.05, 3.63) is 12.3 Å². The van der Waals surface area contributed by atoms with E-state index in [0.29, 0.717) is 6.42 Å². The molecule has 0 radical (unpaired) electrons. The molecule has 0 saturated carbocycles. The Morgan fingerprint density at radius 1 is 1.28 bits per heavy atom. The average Bonchev–Trinajstić information content (AvgIpc) is 2.35. The van der Waals surface area contributed by atoms with Gasteiger partial charge in [-0.05, 0) is 25.7 Å². The Kier molecular flexibility index (Phi) is 25.2. The van der Waals surface area contributed by atoms with E-state index in [9.17, 15) is 4.79 Å². The highest BCUT2D eigenvalue weighted by molar-refractivity contribution is 5.73. The number of hydrogen-bond donors (Lipinski definition) is 3. The second-order valence-electron chi connectivity index (χ2n) is 3.34. The van der Waals surface area contributed by atoms with Crippen LogP contribution in [-0.2, 0) is 9.59 Å². The molecule has 18 heavy (non-hydrogen) atoms. The van der Waals surface area contributed by atoms with Gasteiger partial charge in [-0.25, -0.2) is 0 Å². The van der Waals surface area contributed by atoms with Gasteiger partial charge < -0.3 is 16.8 Å². The number of rotatable bonds is 8. The number of nitrogens with one attached hydrogen (secondary N) is 1. The zero-order chi connectivity index (χ0) is 14.8. The summed E-state index contributed by atoms with van der Waals surface area (Å²) in [7, 11) is 0. The van der Waals surface area contributed by atoms with Crippen LogP contribution in [0.4, 0.5) is 0 Å². The third-order valence-corrected chi connectivity index (χ3v) is 1.78. The fraction of sp³-hybridized carbons (Fsp3) is 0.692. The third-order valence-electron chi connectivity index (χ3n) is 1.78. The van der Waals surface area contributed by atoms with Gasteiger partial charge in [0, 0.05) is 18.7 Å². The van der Waals surface area contributed by atoms with Crippen molar-refractivity contribution >= 4 is 12.3 Å². The predicted octanol–water partition coefficient (Wildman–Crippen LogP) is 1.67. The van der Waals surface area contributed by atoms with Gasteiger partial charge in [0.15, 0.2) is 0 Å². The highest BCUT2D eigenvalue weighted by Gasteiger charge is 1.96. The first-order chi connectivity index (χ1) is 8.58. The Bertz CT molecular complexity index is 206. The van der Waals surface area contributed by atoms with Gasteiger partial charge in [0.2, 0.25) is 12.3 Å². The molecule has 0 unspecified atom stereocenters. The quantitative estimate of drug-likeness (QED) is 0.457. The SMILES string of the molecule is C=C(CCCCC(N)=O)NCCC.CC.NC=O. The first kappa shape index (κ1) is 21.7. The highest BCUT2D eigenvalue weighted by Crippen LogP contribution is 2.04. The number of amides is 2. The molecule has 108 valence electrons. The van der Waals surface area contributed by atoms with Crippen LogP contribution in [0.15, 0.2) is 12.3 Å². The number of allylic oxidation sites excluding steroid dienone is 1. The van der Waals surface area contributed by atoms with Crippen LogP contribution in [0.2, 0.25) is 0 Å². The Labute approximate surface area is 111 Å². The molecule has 0 aliphatic heterocycles. The zero-order valence-corrected chi connectivity index (χ0v) is 12.0. The van der Waals surface area contributed by atoms with Crippen LogP contribution >= 0.6 is 0 Å². The van der Waals surface area contributed by atoms with Crippen LogP contribution in [0.3, 0.4) is 0 Å². The minimum Gasteiger partial charge on any atom is -0.389 e. The minimum absolute atomic E-state index is 0.216. The molecule has 0 fully saturated rings. The summed E-state index contributed by atoms with van der Waals surface area (Å²) in [5, 5.41) is 3.21. The van der Waals surface area contributed by atoms with Crippen LogP contribution in [0.25, 0.3) is 0 Å². The molecule has 0 atom stereocenters. The van der Waals surface area contributed by atoms with Crippen molar-refractivity contribution in [2.24, 2.45) is 11.5 Å². The van der Waals surface area contributed by atoms with E-state index < -0.39 is 0 Å². The van der Waals surface area contributed by atoms with Gasteiger partial charge in [-0.15, -0.1) is 0 Å². The van der Waals surface area contributed by atoms with Gasteiger partial charge in [0.25, 0.3) is 0 Å². The molecule has 5 nitrogen and oxygen atoms in total. The lowest BCUT2D eigenvalue weighted by Gasteiger charge is -2.07. The van der Waals surface area contributed by atoms with Crippen molar-refractivity contribution < 1.29 is 9.59 Å². The van der Waals surface area contributed by atoms with E-state index in [2.05, 4.69) is 24.6 Å². The fourth-order valence-corrected chi connectivity index (χ4v) is 1.03. The van der Waals surface area contributed by atoms with E-state index in [4.69, 9.17) is 10.5 Å². The number of nitrogens with two attached hydrogens (primary N) is 2. The van der Waals surface area contributed by atoms with Gasteiger partial charge >= 0.3 is 0 Å². The molecule has 0 heterocycles. The van der Waals surface area contributed by atoms with Gasteiger partial charge in [0.05, 0.1) is 0 Å². The lowest BCUT2D eigenvalue weighted by atomic mass is 10.1. The molecular weight excluding hydrogens is 230 g/mol. The van der Waals surface area contributed by atoms with Crippen LogP contribution < -0.4 is 16.8 Å². The van der Waals surface area contributed by atoms with Crippen LogP contribution in [0.1, 0.15) is 52.9 Å². The molecule has 0 aliphatic rings. The number of hydrogen-bond acceptors (Lipinski definition) is 3. The summed E-state index contributed by atoms with van der Waals surface area (Å²) < 4.78 is 0. The van der Waals surface area contributed by atoms with Crippen molar-refractivity contribution in [3.8, 4) is 0 Å². The topological polar surface area (TPSA) is 98.2 Å². The summed E-state index contributed by atoms with van der Waals surface area (Å²) in [5.41, 5.74) is 10.2. The van der Waals surface area contributed by atoms with E-state index in [1.54, 1.807) is 0 Å². The van der Waals surface area contributed by atoms with Gasteiger partial charge in [0.1, 0.15) is 0 Å². The molecule has 5 heteroatoms. The summed E-state index contributed by atoms with van der Waals surface area (Å²) in [6.45, 7) is 11.0. The summed E-state index contributed by atoms with van der Waals surface area (Å²) in [5.74, 6) is -0.216. The summed E-state index contributed by atoms with van der Waals surface area (Å²) in [4.78, 5) is 19.0. The maximum atomic E-state index is 10.4. The molecule has 0 aromatic heterocycles. The summed E-state index contributed by atoms with van der Waals surface area (Å²) in [6, 6.07) is 0.